The van der Waals surface area contributed by atoms with E-state index >= 15 is 0 Å². The number of halogens is 1. The van der Waals surface area contributed by atoms with Crippen molar-refractivity contribution in [1.82, 2.24) is 10.6 Å². The fourth-order valence-electron chi connectivity index (χ4n) is 5.29. The van der Waals surface area contributed by atoms with Gasteiger partial charge in [-0.15, -0.1) is 23.4 Å². The van der Waals surface area contributed by atoms with Crippen LogP contribution < -0.4 is 10.6 Å². The molecule has 5 N–H and O–H groups in total. The van der Waals surface area contributed by atoms with Gasteiger partial charge in [0.1, 0.15) is 29.9 Å². The molecule has 2 aliphatic rings. The van der Waals surface area contributed by atoms with E-state index in [0.717, 1.165) is 32.2 Å². The molecule has 2 heterocycles. The number of amides is 1. The monoisotopic (exact) mass is 542 g/mol. The zero-order chi connectivity index (χ0) is 26.1. The number of carbonyl (C=O) groups excluding carboxylic acids is 1. The predicted octanol–water partition coefficient (Wildman–Crippen LogP) is 2.83. The smallest absolute Gasteiger partial charge is 0.237 e. The summed E-state index contributed by atoms with van der Waals surface area (Å²) < 4.78 is 5.86. The highest BCUT2D eigenvalue weighted by molar-refractivity contribution is 7.99. The molecule has 2 unspecified atom stereocenters. The van der Waals surface area contributed by atoms with Gasteiger partial charge in [-0.25, -0.2) is 0 Å². The maximum absolute atomic E-state index is 13.2. The van der Waals surface area contributed by atoms with Gasteiger partial charge in [0.05, 0.1) is 17.5 Å². The van der Waals surface area contributed by atoms with Gasteiger partial charge in [-0.3, -0.25) is 4.79 Å². The van der Waals surface area contributed by atoms with Gasteiger partial charge in [0, 0.05) is 0 Å². The van der Waals surface area contributed by atoms with E-state index in [1.807, 2.05) is 0 Å². The molecule has 1 aromatic rings. The zero-order valence-corrected chi connectivity index (χ0v) is 23.0. The maximum atomic E-state index is 13.2. The van der Waals surface area contributed by atoms with Crippen LogP contribution in [0, 0.1) is 5.92 Å². The minimum atomic E-state index is -1.37. The number of aryl methyl sites for hydroxylation is 1. The van der Waals surface area contributed by atoms with E-state index in [1.165, 1.54) is 43.0 Å². The van der Waals surface area contributed by atoms with Crippen LogP contribution in [0.3, 0.4) is 0 Å². The van der Waals surface area contributed by atoms with Gasteiger partial charge >= 0.3 is 0 Å². The second-order valence-electron chi connectivity index (χ2n) is 10.2. The summed E-state index contributed by atoms with van der Waals surface area (Å²) in [5, 5.41) is 36.8. The van der Waals surface area contributed by atoms with Crippen molar-refractivity contribution in [1.29, 1.82) is 0 Å². The lowest BCUT2D eigenvalue weighted by atomic mass is 9.92. The molecule has 0 saturated carbocycles. The molecule has 0 bridgehead atoms. The molecule has 1 aromatic carbocycles. The molecule has 204 valence electrons. The highest BCUT2D eigenvalue weighted by Gasteiger charge is 2.48. The first kappa shape index (κ1) is 29.7. The van der Waals surface area contributed by atoms with Gasteiger partial charge in [-0.05, 0) is 63.3 Å². The third-order valence-electron chi connectivity index (χ3n) is 7.54. The van der Waals surface area contributed by atoms with Crippen molar-refractivity contribution < 1.29 is 24.9 Å². The topological polar surface area (TPSA) is 111 Å². The number of hydrogen-bond acceptors (Lipinski definition) is 7. The van der Waals surface area contributed by atoms with Crippen LogP contribution in [-0.4, -0.2) is 81.3 Å². The van der Waals surface area contributed by atoms with E-state index in [-0.39, 0.29) is 11.9 Å². The van der Waals surface area contributed by atoms with Crippen LogP contribution in [0.2, 0.25) is 0 Å². The minimum Gasteiger partial charge on any atom is -0.388 e. The molecule has 9 atom stereocenters. The van der Waals surface area contributed by atoms with Crippen molar-refractivity contribution in [2.75, 3.05) is 12.8 Å². The summed E-state index contributed by atoms with van der Waals surface area (Å²) in [6.45, 7) is 2.51. The standard InChI is InChI=1S/C27H43ClN2O5S/c1-17(28)21(25-23(32)22(31)24(33)27(35-25)36-2)30-26(34)20-14-13-19(15-16-29-20)12-8-4-7-11-18-9-5-3-6-10-18/h3,5-6,9-10,17,19-25,27,29,31-33H,4,7-8,11-16H2,1-2H3,(H,30,34)/t17-,19-,20-,21+,22?,23-,24+,25+,27?/m0/s1. The number of carbonyl (C=O) groups is 1. The van der Waals surface area contributed by atoms with Crippen molar-refractivity contribution in [3.05, 3.63) is 35.9 Å². The van der Waals surface area contributed by atoms with Crippen LogP contribution in [0.15, 0.2) is 30.3 Å². The maximum Gasteiger partial charge on any atom is 0.237 e. The lowest BCUT2D eigenvalue weighted by Gasteiger charge is -2.44. The van der Waals surface area contributed by atoms with Gasteiger partial charge in [-0.1, -0.05) is 49.6 Å². The molecular weight excluding hydrogens is 500 g/mol. The molecule has 36 heavy (non-hydrogen) atoms. The first-order valence-electron chi connectivity index (χ1n) is 13.3. The average Bonchev–Trinajstić information content (AvgIpc) is 3.12. The predicted molar refractivity (Wildman–Crippen MR) is 145 cm³/mol. The van der Waals surface area contributed by atoms with Crippen molar-refractivity contribution in [2.45, 2.75) is 106 Å². The summed E-state index contributed by atoms with van der Waals surface area (Å²) in [6, 6.07) is 9.56. The summed E-state index contributed by atoms with van der Waals surface area (Å²) in [4.78, 5) is 13.2. The van der Waals surface area contributed by atoms with E-state index < -0.39 is 41.3 Å². The molecule has 0 spiro atoms. The van der Waals surface area contributed by atoms with Gasteiger partial charge < -0.3 is 30.7 Å². The van der Waals surface area contributed by atoms with Gasteiger partial charge in [-0.2, -0.15) is 0 Å². The molecule has 9 heteroatoms. The second kappa shape index (κ2) is 14.9. The Hall–Kier alpha value is -0.870. The third kappa shape index (κ3) is 8.32. The fourth-order valence-corrected chi connectivity index (χ4v) is 6.18. The van der Waals surface area contributed by atoms with Gasteiger partial charge in [0.25, 0.3) is 0 Å². The number of alkyl halides is 1. The van der Waals surface area contributed by atoms with E-state index in [1.54, 1.807) is 13.2 Å². The van der Waals surface area contributed by atoms with E-state index in [9.17, 15) is 20.1 Å². The Balaban J connectivity index is 1.45. The average molecular weight is 543 g/mol. The number of benzene rings is 1. The molecule has 2 fully saturated rings. The van der Waals surface area contributed by atoms with Crippen molar-refractivity contribution in [3.8, 4) is 0 Å². The summed E-state index contributed by atoms with van der Waals surface area (Å²) in [5.41, 5.74) is 0.683. The largest absolute Gasteiger partial charge is 0.388 e. The Morgan fingerprint density at radius 3 is 2.56 bits per heavy atom. The van der Waals surface area contributed by atoms with Crippen LogP contribution in [-0.2, 0) is 16.0 Å². The van der Waals surface area contributed by atoms with Gasteiger partial charge in [0.15, 0.2) is 0 Å². The van der Waals surface area contributed by atoms with Gasteiger partial charge in [0.2, 0.25) is 5.91 Å². The molecule has 0 radical (unpaired) electrons. The van der Waals surface area contributed by atoms with Crippen LogP contribution >= 0.6 is 23.4 Å². The SMILES string of the molecule is CSC1O[C@H]([C@H](NC(=O)[C@@H]2CC[C@H](CCCCCc3ccccc3)CCN2)[C@H](C)Cl)[C@@H](O)C(O)[C@H]1O. The number of unbranched alkanes of at least 4 members (excludes halogenated alkanes) is 2. The summed E-state index contributed by atoms with van der Waals surface area (Å²) in [6.07, 6.45) is 5.62. The Bertz CT molecular complexity index is 787. The van der Waals surface area contributed by atoms with E-state index in [4.69, 9.17) is 16.3 Å². The summed E-state index contributed by atoms with van der Waals surface area (Å²) in [5.74, 6) is 0.436. The number of hydrogen-bond donors (Lipinski definition) is 5. The fraction of sp³-hybridized carbons (Fsp3) is 0.741. The van der Waals surface area contributed by atoms with Crippen LogP contribution in [0.5, 0.6) is 0 Å². The molecule has 7 nitrogen and oxygen atoms in total. The van der Waals surface area contributed by atoms with E-state index in [2.05, 4.69) is 41.0 Å². The number of nitrogens with one attached hydrogen (secondary N) is 2. The Labute approximate surface area is 224 Å². The van der Waals surface area contributed by atoms with Crippen molar-refractivity contribution in [3.63, 3.8) is 0 Å². The Kier molecular flexibility index (Phi) is 12.3. The number of aliphatic hydroxyl groups is 3. The highest BCUT2D eigenvalue weighted by Crippen LogP contribution is 2.30. The number of thioether (sulfide) groups is 1. The molecule has 2 aliphatic heterocycles. The first-order valence-corrected chi connectivity index (χ1v) is 15.0. The van der Waals surface area contributed by atoms with Crippen molar-refractivity contribution in [2.24, 2.45) is 5.92 Å². The lowest BCUT2D eigenvalue weighted by molar-refractivity contribution is -0.205. The van der Waals surface area contributed by atoms with E-state index in [0.29, 0.717) is 5.92 Å². The van der Waals surface area contributed by atoms with Crippen molar-refractivity contribution >= 4 is 29.3 Å². The Morgan fingerprint density at radius 1 is 1.11 bits per heavy atom. The molecule has 2 saturated heterocycles. The van der Waals surface area contributed by atoms with Crippen LogP contribution in [0.4, 0.5) is 0 Å². The highest BCUT2D eigenvalue weighted by atomic mass is 35.5. The first-order chi connectivity index (χ1) is 17.3. The molecule has 1 amide bonds. The third-order valence-corrected chi connectivity index (χ3v) is 8.67. The minimum absolute atomic E-state index is 0.173. The molecule has 0 aliphatic carbocycles. The zero-order valence-electron chi connectivity index (χ0n) is 21.4. The normalized spacial score (nSPS) is 32.9. The number of aliphatic hydroxyl groups excluding tert-OH is 3. The van der Waals surface area contributed by atoms with Crippen LogP contribution in [0.25, 0.3) is 0 Å². The number of ether oxygens (including phenoxy) is 1. The molecule has 3 rings (SSSR count). The second-order valence-corrected chi connectivity index (χ2v) is 11.8. The quantitative estimate of drug-likeness (QED) is 0.216. The molecular formula is C27H43ClN2O5S. The lowest BCUT2D eigenvalue weighted by Crippen LogP contribution is -2.65. The molecule has 0 aromatic heterocycles. The summed E-state index contributed by atoms with van der Waals surface area (Å²) >= 11 is 7.64. The van der Waals surface area contributed by atoms with Crippen LogP contribution in [0.1, 0.15) is 57.4 Å². The number of rotatable bonds is 11. The Morgan fingerprint density at radius 2 is 1.86 bits per heavy atom. The summed E-state index contributed by atoms with van der Waals surface area (Å²) in [7, 11) is 0.